The summed E-state index contributed by atoms with van der Waals surface area (Å²) in [6, 6.07) is 0. The minimum atomic E-state index is -4.18. The van der Waals surface area contributed by atoms with Crippen LogP contribution < -0.4 is 4.13 Å². The Morgan fingerprint density at radius 1 is 1.17 bits per heavy atom. The molecule has 0 saturated carbocycles. The van der Waals surface area contributed by atoms with E-state index in [2.05, 4.69) is 4.18 Å². The Morgan fingerprint density at radius 2 is 1.58 bits per heavy atom. The van der Waals surface area contributed by atoms with E-state index in [-0.39, 0.29) is 0 Å². The summed E-state index contributed by atoms with van der Waals surface area (Å²) in [7, 11) is -7.97. The van der Waals surface area contributed by atoms with Gasteiger partial charge in [0.15, 0.2) is 0 Å². The lowest BCUT2D eigenvalue weighted by Gasteiger charge is -2.07. The van der Waals surface area contributed by atoms with Crippen LogP contribution in [0.4, 0.5) is 0 Å². The zero-order valence-corrected chi connectivity index (χ0v) is 8.57. The molecule has 0 bridgehead atoms. The van der Waals surface area contributed by atoms with Gasteiger partial charge in [0.1, 0.15) is 0 Å². The van der Waals surface area contributed by atoms with Crippen molar-refractivity contribution in [3.8, 4) is 0 Å². The molecule has 0 saturated heterocycles. The Kier molecular flexibility index (Phi) is 3.63. The van der Waals surface area contributed by atoms with E-state index in [0.717, 1.165) is 6.26 Å². The van der Waals surface area contributed by atoms with Crippen molar-refractivity contribution in [1.82, 2.24) is 4.13 Å². The first-order chi connectivity index (χ1) is 5.12. The summed E-state index contributed by atoms with van der Waals surface area (Å²) < 4.78 is 48.0. The van der Waals surface area contributed by atoms with Crippen molar-refractivity contribution in [2.45, 2.75) is 20.0 Å². The van der Waals surface area contributed by atoms with E-state index >= 15 is 0 Å². The molecule has 74 valence electrons. The fourth-order valence-corrected chi connectivity index (χ4v) is 2.61. The zero-order valence-electron chi connectivity index (χ0n) is 6.94. The number of sulfonamides is 1. The second-order valence-corrected chi connectivity index (χ2v) is 5.77. The third kappa shape index (κ3) is 6.53. The second kappa shape index (κ2) is 3.69. The van der Waals surface area contributed by atoms with Crippen LogP contribution in [0, 0.1) is 0 Å². The number of hydrogen-bond acceptors (Lipinski definition) is 5. The Labute approximate surface area is 72.2 Å². The minimum absolute atomic E-state index is 0.593. The molecule has 0 unspecified atom stereocenters. The van der Waals surface area contributed by atoms with E-state index in [1.807, 2.05) is 0 Å². The Bertz CT molecular complexity index is 326. The number of hydrogen-bond donors (Lipinski definition) is 1. The van der Waals surface area contributed by atoms with E-state index in [1.54, 1.807) is 0 Å². The van der Waals surface area contributed by atoms with Crippen molar-refractivity contribution in [1.29, 1.82) is 0 Å². The standard InChI is InChI=1S/C4H11NO5S2/c1-4(2)10-12(8,9)5-11(3,6)7/h4-5H,1-3H3. The summed E-state index contributed by atoms with van der Waals surface area (Å²) >= 11 is 0. The summed E-state index contributed by atoms with van der Waals surface area (Å²) in [6.45, 7) is 2.95. The fourth-order valence-electron chi connectivity index (χ4n) is 0.458. The Balaban J connectivity index is 4.47. The van der Waals surface area contributed by atoms with E-state index in [4.69, 9.17) is 0 Å². The molecule has 0 aromatic heterocycles. The first kappa shape index (κ1) is 11.8. The van der Waals surface area contributed by atoms with Crippen LogP contribution in [0.2, 0.25) is 0 Å². The Hall–Kier alpha value is -0.180. The van der Waals surface area contributed by atoms with Gasteiger partial charge in [-0.25, -0.2) is 8.42 Å². The van der Waals surface area contributed by atoms with E-state index < -0.39 is 26.4 Å². The van der Waals surface area contributed by atoms with Crippen LogP contribution in [0.3, 0.4) is 0 Å². The van der Waals surface area contributed by atoms with Crippen LogP contribution in [-0.2, 0) is 24.5 Å². The largest absolute Gasteiger partial charge is 0.349 e. The normalized spacial score (nSPS) is 13.7. The maximum absolute atomic E-state index is 10.7. The van der Waals surface area contributed by atoms with Crippen LogP contribution in [0.15, 0.2) is 0 Å². The molecule has 0 atom stereocenters. The molecule has 0 aromatic rings. The molecule has 0 fully saturated rings. The molecule has 6 nitrogen and oxygen atoms in total. The molecular formula is C4H11NO5S2. The summed E-state index contributed by atoms with van der Waals surface area (Å²) in [4.78, 5) is 0. The van der Waals surface area contributed by atoms with Gasteiger partial charge in [0.25, 0.3) is 0 Å². The lowest BCUT2D eigenvalue weighted by atomic mass is 10.5. The summed E-state index contributed by atoms with van der Waals surface area (Å²) in [5.74, 6) is 0. The molecule has 0 aliphatic heterocycles. The average molecular weight is 217 g/mol. The van der Waals surface area contributed by atoms with Gasteiger partial charge in [-0.1, -0.05) is 4.13 Å². The zero-order chi connectivity index (χ0) is 9.99. The SMILES string of the molecule is CC(C)OS(=O)(=O)NS(C)(=O)=O. The average Bonchev–Trinajstić information content (AvgIpc) is 1.48. The number of nitrogens with one attached hydrogen (secondary N) is 1. The van der Waals surface area contributed by atoms with Gasteiger partial charge in [0.2, 0.25) is 10.0 Å². The van der Waals surface area contributed by atoms with Gasteiger partial charge in [0.05, 0.1) is 12.4 Å². The van der Waals surface area contributed by atoms with Crippen LogP contribution >= 0.6 is 0 Å². The van der Waals surface area contributed by atoms with Crippen molar-refractivity contribution in [2.24, 2.45) is 0 Å². The molecule has 0 rings (SSSR count). The smallest absolute Gasteiger partial charge is 0.255 e. The third-order valence-corrected chi connectivity index (χ3v) is 3.24. The topological polar surface area (TPSA) is 89.5 Å². The summed E-state index contributed by atoms with van der Waals surface area (Å²) in [5.41, 5.74) is 0. The molecule has 0 spiro atoms. The van der Waals surface area contributed by atoms with Gasteiger partial charge in [-0.2, -0.15) is 8.42 Å². The molecule has 0 aromatic carbocycles. The molecule has 12 heavy (non-hydrogen) atoms. The predicted molar refractivity (Wildman–Crippen MR) is 43.1 cm³/mol. The Morgan fingerprint density at radius 3 is 1.83 bits per heavy atom. The van der Waals surface area contributed by atoms with Crippen LogP contribution in [0.5, 0.6) is 0 Å². The minimum Gasteiger partial charge on any atom is -0.255 e. The van der Waals surface area contributed by atoms with E-state index in [0.29, 0.717) is 0 Å². The first-order valence-electron chi connectivity index (χ1n) is 3.04. The van der Waals surface area contributed by atoms with Crippen LogP contribution in [0.25, 0.3) is 0 Å². The number of rotatable bonds is 4. The third-order valence-electron chi connectivity index (χ3n) is 0.573. The lowest BCUT2D eigenvalue weighted by molar-refractivity contribution is 0.247. The van der Waals surface area contributed by atoms with Crippen molar-refractivity contribution in [3.05, 3.63) is 0 Å². The molecular weight excluding hydrogens is 206 g/mol. The van der Waals surface area contributed by atoms with Crippen molar-refractivity contribution < 1.29 is 21.0 Å². The fraction of sp³-hybridized carbons (Fsp3) is 1.00. The van der Waals surface area contributed by atoms with Gasteiger partial charge in [-0.05, 0) is 13.8 Å². The molecule has 1 N–H and O–H groups in total. The van der Waals surface area contributed by atoms with Gasteiger partial charge < -0.3 is 0 Å². The van der Waals surface area contributed by atoms with Gasteiger partial charge in [-0.3, -0.25) is 4.18 Å². The van der Waals surface area contributed by atoms with Crippen LogP contribution in [0.1, 0.15) is 13.8 Å². The highest BCUT2D eigenvalue weighted by Gasteiger charge is 2.18. The van der Waals surface area contributed by atoms with Gasteiger partial charge >= 0.3 is 10.3 Å². The highest BCUT2D eigenvalue weighted by Crippen LogP contribution is 1.96. The maximum atomic E-state index is 10.7. The highest BCUT2D eigenvalue weighted by atomic mass is 32.3. The summed E-state index contributed by atoms with van der Waals surface area (Å²) in [5, 5.41) is 0. The molecule has 0 amide bonds. The molecule has 0 aliphatic carbocycles. The first-order valence-corrected chi connectivity index (χ1v) is 6.34. The van der Waals surface area contributed by atoms with Gasteiger partial charge in [-0.15, -0.1) is 0 Å². The molecule has 8 heteroatoms. The quantitative estimate of drug-likeness (QED) is 0.666. The van der Waals surface area contributed by atoms with Crippen molar-refractivity contribution >= 4 is 20.3 Å². The maximum Gasteiger partial charge on any atom is 0.349 e. The molecule has 0 radical (unpaired) electrons. The molecule has 0 heterocycles. The van der Waals surface area contributed by atoms with Crippen molar-refractivity contribution in [2.75, 3.05) is 6.26 Å². The van der Waals surface area contributed by atoms with E-state index in [9.17, 15) is 16.8 Å². The second-order valence-electron chi connectivity index (χ2n) is 2.45. The monoisotopic (exact) mass is 217 g/mol. The van der Waals surface area contributed by atoms with E-state index in [1.165, 1.54) is 18.0 Å². The molecule has 0 aliphatic rings. The van der Waals surface area contributed by atoms with Crippen molar-refractivity contribution in [3.63, 3.8) is 0 Å². The summed E-state index contributed by atoms with van der Waals surface area (Å²) in [6.07, 6.45) is 0.137. The lowest BCUT2D eigenvalue weighted by Crippen LogP contribution is -2.32. The van der Waals surface area contributed by atoms with Gasteiger partial charge in [0, 0.05) is 0 Å². The van der Waals surface area contributed by atoms with Crippen LogP contribution in [-0.4, -0.2) is 29.2 Å². The highest BCUT2D eigenvalue weighted by molar-refractivity contribution is 8.02. The predicted octanol–water partition coefficient (Wildman–Crippen LogP) is -0.795.